The van der Waals surface area contributed by atoms with E-state index < -0.39 is 0 Å². The topological polar surface area (TPSA) is 54.9 Å². The zero-order chi connectivity index (χ0) is 12.4. The fraction of sp³-hybridized carbons (Fsp3) is 0. The third-order valence-corrected chi connectivity index (χ3v) is 4.05. The van der Waals surface area contributed by atoms with Crippen molar-refractivity contribution in [1.29, 1.82) is 0 Å². The summed E-state index contributed by atoms with van der Waals surface area (Å²) in [6.45, 7) is 0. The molecule has 0 aliphatic carbocycles. The maximum atomic E-state index is 11.8. The van der Waals surface area contributed by atoms with Gasteiger partial charge in [0, 0.05) is 5.38 Å². The normalized spacial score (nSPS) is 10.3. The Morgan fingerprint density at radius 3 is 2.82 bits per heavy atom. The Bertz CT molecular complexity index is 575. The number of nitrogens with zero attached hydrogens (tertiary/aromatic N) is 2. The van der Waals surface area contributed by atoms with Gasteiger partial charge in [-0.15, -0.1) is 11.3 Å². The second-order valence-corrected chi connectivity index (χ2v) is 5.95. The number of amides is 1. The zero-order valence-corrected chi connectivity index (χ0v) is 12.0. The quantitative estimate of drug-likeness (QED) is 0.835. The van der Waals surface area contributed by atoms with E-state index in [0.717, 1.165) is 3.79 Å². The van der Waals surface area contributed by atoms with E-state index in [2.05, 4.69) is 31.2 Å². The molecule has 0 unspecified atom stereocenters. The molecule has 8 heteroatoms. The van der Waals surface area contributed by atoms with Crippen molar-refractivity contribution in [2.24, 2.45) is 0 Å². The molecule has 1 N–H and O–H groups in total. The lowest BCUT2D eigenvalue weighted by Gasteiger charge is -2.04. The van der Waals surface area contributed by atoms with Gasteiger partial charge in [0.25, 0.3) is 5.91 Å². The van der Waals surface area contributed by atoms with Gasteiger partial charge in [0.1, 0.15) is 11.3 Å². The second kappa shape index (κ2) is 5.30. The van der Waals surface area contributed by atoms with Gasteiger partial charge in [0.05, 0.1) is 9.35 Å². The maximum Gasteiger partial charge on any atom is 0.257 e. The van der Waals surface area contributed by atoms with Crippen LogP contribution in [0.4, 0.5) is 5.82 Å². The van der Waals surface area contributed by atoms with Crippen LogP contribution in [-0.2, 0) is 0 Å². The second-order valence-electron chi connectivity index (χ2n) is 2.92. The zero-order valence-electron chi connectivity index (χ0n) is 8.08. The summed E-state index contributed by atoms with van der Waals surface area (Å²) in [7, 11) is 0. The summed E-state index contributed by atoms with van der Waals surface area (Å²) in [6, 6.07) is 1.71. The van der Waals surface area contributed by atoms with E-state index in [9.17, 15) is 4.79 Å². The molecule has 0 bridgehead atoms. The summed E-state index contributed by atoms with van der Waals surface area (Å²) in [5, 5.41) is 4.50. The van der Waals surface area contributed by atoms with E-state index in [-0.39, 0.29) is 21.9 Å². The molecule has 0 atom stereocenters. The average molecular weight is 353 g/mol. The van der Waals surface area contributed by atoms with Crippen LogP contribution in [0.15, 0.2) is 21.6 Å². The van der Waals surface area contributed by atoms with Crippen LogP contribution in [0, 0.1) is 0 Å². The van der Waals surface area contributed by atoms with Crippen LogP contribution in [0.2, 0.25) is 10.2 Å². The molecule has 2 aromatic heterocycles. The number of thiophene rings is 1. The van der Waals surface area contributed by atoms with Gasteiger partial charge < -0.3 is 5.32 Å². The molecule has 0 spiro atoms. The molecule has 0 radical (unpaired) electrons. The Balaban J connectivity index is 2.21. The molecular weight excluding hydrogens is 349 g/mol. The molecule has 17 heavy (non-hydrogen) atoms. The van der Waals surface area contributed by atoms with Crippen molar-refractivity contribution in [3.8, 4) is 0 Å². The van der Waals surface area contributed by atoms with Gasteiger partial charge in [-0.25, -0.2) is 9.97 Å². The minimum atomic E-state index is -0.302. The van der Waals surface area contributed by atoms with Gasteiger partial charge in [0.15, 0.2) is 11.0 Å². The Labute approximate surface area is 119 Å². The molecule has 2 aromatic rings. The van der Waals surface area contributed by atoms with Gasteiger partial charge >= 0.3 is 0 Å². The molecule has 0 saturated heterocycles. The Morgan fingerprint density at radius 2 is 2.18 bits per heavy atom. The third kappa shape index (κ3) is 2.95. The first kappa shape index (κ1) is 12.8. The van der Waals surface area contributed by atoms with Crippen LogP contribution >= 0.6 is 50.5 Å². The number of halogens is 3. The molecule has 1 amide bonds. The highest BCUT2D eigenvalue weighted by Gasteiger charge is 2.13. The number of hydrogen-bond acceptors (Lipinski definition) is 4. The predicted octanol–water partition coefficient (Wildman–Crippen LogP) is 3.86. The van der Waals surface area contributed by atoms with Gasteiger partial charge in [-0.05, 0) is 22.0 Å². The van der Waals surface area contributed by atoms with Crippen molar-refractivity contribution in [3.05, 3.63) is 37.3 Å². The first-order valence-corrected chi connectivity index (χ1v) is 6.72. The van der Waals surface area contributed by atoms with Crippen LogP contribution < -0.4 is 5.32 Å². The molecule has 0 fully saturated rings. The lowest BCUT2D eigenvalue weighted by atomic mass is 10.3. The van der Waals surface area contributed by atoms with Crippen molar-refractivity contribution in [2.75, 3.05) is 5.32 Å². The summed E-state index contributed by atoms with van der Waals surface area (Å²) in [5.74, 6) is -0.109. The van der Waals surface area contributed by atoms with Crippen LogP contribution in [0.5, 0.6) is 0 Å². The summed E-state index contributed by atoms with van der Waals surface area (Å²) in [5.41, 5.74) is 0.521. The van der Waals surface area contributed by atoms with Crippen LogP contribution in [0.25, 0.3) is 0 Å². The molecule has 2 rings (SSSR count). The molecule has 0 aliphatic rings. The molecule has 0 saturated carbocycles. The molecule has 2 heterocycles. The molecule has 0 aromatic carbocycles. The first-order chi connectivity index (χ1) is 8.08. The lowest BCUT2D eigenvalue weighted by molar-refractivity contribution is 0.102. The number of hydrogen-bond donors (Lipinski definition) is 1. The lowest BCUT2D eigenvalue weighted by Crippen LogP contribution is -2.12. The van der Waals surface area contributed by atoms with Gasteiger partial charge in [0.2, 0.25) is 0 Å². The molecule has 88 valence electrons. The average Bonchev–Trinajstić information content (AvgIpc) is 2.72. The van der Waals surface area contributed by atoms with Gasteiger partial charge in [-0.3, -0.25) is 4.79 Å². The standard InChI is InChI=1S/C9H4BrCl2N3OS/c10-5-1-4(2-17-5)9(16)15-8-6(11)7(12)13-3-14-8/h1-3H,(H,13,14,15,16). The Morgan fingerprint density at radius 1 is 1.41 bits per heavy atom. The predicted molar refractivity (Wildman–Crippen MR) is 72.0 cm³/mol. The van der Waals surface area contributed by atoms with Crippen molar-refractivity contribution in [3.63, 3.8) is 0 Å². The number of rotatable bonds is 2. The maximum absolute atomic E-state index is 11.8. The Kier molecular flexibility index (Phi) is 3.98. The largest absolute Gasteiger partial charge is 0.305 e. The van der Waals surface area contributed by atoms with E-state index in [0.29, 0.717) is 5.56 Å². The summed E-state index contributed by atoms with van der Waals surface area (Å²) >= 11 is 16.3. The van der Waals surface area contributed by atoms with E-state index in [1.165, 1.54) is 17.7 Å². The van der Waals surface area contributed by atoms with Crippen LogP contribution in [-0.4, -0.2) is 15.9 Å². The van der Waals surface area contributed by atoms with Crippen LogP contribution in [0.1, 0.15) is 10.4 Å². The number of aromatic nitrogens is 2. The highest BCUT2D eigenvalue weighted by molar-refractivity contribution is 9.11. The fourth-order valence-corrected chi connectivity index (χ4v) is 2.46. The number of nitrogens with one attached hydrogen (secondary N) is 1. The van der Waals surface area contributed by atoms with E-state index >= 15 is 0 Å². The first-order valence-electron chi connectivity index (χ1n) is 4.29. The van der Waals surface area contributed by atoms with Crippen molar-refractivity contribution >= 4 is 62.2 Å². The number of carbonyl (C=O) groups is 1. The van der Waals surface area contributed by atoms with E-state index in [1.807, 2.05) is 0 Å². The molecular formula is C9H4BrCl2N3OS. The highest BCUT2D eigenvalue weighted by atomic mass is 79.9. The minimum Gasteiger partial charge on any atom is -0.305 e. The highest BCUT2D eigenvalue weighted by Crippen LogP contribution is 2.26. The monoisotopic (exact) mass is 351 g/mol. The SMILES string of the molecule is O=C(Nc1ncnc(Cl)c1Cl)c1csc(Br)c1. The number of carbonyl (C=O) groups excluding carboxylic acids is 1. The smallest absolute Gasteiger partial charge is 0.257 e. The fourth-order valence-electron chi connectivity index (χ4n) is 1.04. The van der Waals surface area contributed by atoms with Crippen molar-refractivity contribution in [2.45, 2.75) is 0 Å². The molecule has 4 nitrogen and oxygen atoms in total. The van der Waals surface area contributed by atoms with E-state index in [4.69, 9.17) is 23.2 Å². The number of anilines is 1. The molecule has 0 aliphatic heterocycles. The van der Waals surface area contributed by atoms with Gasteiger partial charge in [-0.2, -0.15) is 0 Å². The van der Waals surface area contributed by atoms with Gasteiger partial charge in [-0.1, -0.05) is 23.2 Å². The Hall–Kier alpha value is -0.690. The van der Waals surface area contributed by atoms with Crippen LogP contribution in [0.3, 0.4) is 0 Å². The van der Waals surface area contributed by atoms with Crippen molar-refractivity contribution < 1.29 is 4.79 Å². The summed E-state index contributed by atoms with van der Waals surface area (Å²) in [6.07, 6.45) is 1.23. The minimum absolute atomic E-state index is 0.100. The summed E-state index contributed by atoms with van der Waals surface area (Å²) in [4.78, 5) is 19.3. The van der Waals surface area contributed by atoms with E-state index in [1.54, 1.807) is 11.4 Å². The summed E-state index contributed by atoms with van der Waals surface area (Å²) < 4.78 is 0.870. The van der Waals surface area contributed by atoms with Crippen molar-refractivity contribution in [1.82, 2.24) is 9.97 Å². The third-order valence-electron chi connectivity index (χ3n) is 1.81.